The number of aryl methyl sites for hydroxylation is 3. The molecule has 4 nitrogen and oxygen atoms in total. The van der Waals surface area contributed by atoms with Gasteiger partial charge >= 0.3 is 0 Å². The molecule has 2 heterocycles. The highest BCUT2D eigenvalue weighted by atomic mass is 32.1. The van der Waals surface area contributed by atoms with Crippen LogP contribution in [-0.2, 0) is 13.5 Å². The standard InChI is InChI=1S/C12H15N3OS/c1-4-9-8(5-10(17-9)12(13)16)11-7(2)6-14-15(11)3/h5-6H,4H2,1-3H3,(H2,13,16). The van der Waals surface area contributed by atoms with E-state index in [2.05, 4.69) is 12.0 Å². The molecule has 0 saturated carbocycles. The second kappa shape index (κ2) is 4.33. The highest BCUT2D eigenvalue weighted by Crippen LogP contribution is 2.33. The summed E-state index contributed by atoms with van der Waals surface area (Å²) in [6, 6.07) is 1.87. The van der Waals surface area contributed by atoms with Gasteiger partial charge in [0.05, 0.1) is 16.8 Å². The van der Waals surface area contributed by atoms with Crippen molar-refractivity contribution in [2.24, 2.45) is 12.8 Å². The molecule has 5 heteroatoms. The van der Waals surface area contributed by atoms with Crippen molar-refractivity contribution in [1.82, 2.24) is 9.78 Å². The number of nitrogens with two attached hydrogens (primary N) is 1. The fraction of sp³-hybridized carbons (Fsp3) is 0.333. The Morgan fingerprint density at radius 1 is 1.59 bits per heavy atom. The lowest BCUT2D eigenvalue weighted by atomic mass is 10.1. The van der Waals surface area contributed by atoms with Gasteiger partial charge in [-0.05, 0) is 25.0 Å². The first-order valence-corrected chi connectivity index (χ1v) is 6.27. The fourth-order valence-corrected chi connectivity index (χ4v) is 2.90. The van der Waals surface area contributed by atoms with E-state index in [-0.39, 0.29) is 5.91 Å². The van der Waals surface area contributed by atoms with Gasteiger partial charge in [0.1, 0.15) is 0 Å². The lowest BCUT2D eigenvalue weighted by Gasteiger charge is -2.03. The number of amides is 1. The molecule has 0 unspecified atom stereocenters. The van der Waals surface area contributed by atoms with Gasteiger partial charge in [-0.2, -0.15) is 5.10 Å². The summed E-state index contributed by atoms with van der Waals surface area (Å²) in [5.41, 5.74) is 8.57. The van der Waals surface area contributed by atoms with E-state index in [1.54, 1.807) is 0 Å². The maximum Gasteiger partial charge on any atom is 0.258 e. The average molecular weight is 249 g/mol. The number of hydrogen-bond acceptors (Lipinski definition) is 3. The van der Waals surface area contributed by atoms with E-state index in [9.17, 15) is 4.79 Å². The van der Waals surface area contributed by atoms with Gasteiger partial charge in [-0.3, -0.25) is 9.48 Å². The Balaban J connectivity index is 2.62. The van der Waals surface area contributed by atoms with Crippen molar-refractivity contribution in [2.75, 3.05) is 0 Å². The number of thiophene rings is 1. The molecule has 2 aromatic heterocycles. The smallest absolute Gasteiger partial charge is 0.258 e. The highest BCUT2D eigenvalue weighted by molar-refractivity contribution is 7.14. The molecule has 2 N–H and O–H groups in total. The number of carbonyl (C=O) groups is 1. The Hall–Kier alpha value is -1.62. The number of hydrogen-bond donors (Lipinski definition) is 1. The van der Waals surface area contributed by atoms with Crippen LogP contribution in [0, 0.1) is 6.92 Å². The summed E-state index contributed by atoms with van der Waals surface area (Å²) in [7, 11) is 1.91. The lowest BCUT2D eigenvalue weighted by Crippen LogP contribution is -2.08. The zero-order valence-electron chi connectivity index (χ0n) is 10.2. The Kier molecular flexibility index (Phi) is 3.02. The van der Waals surface area contributed by atoms with Gasteiger partial charge < -0.3 is 5.73 Å². The minimum absolute atomic E-state index is 0.365. The zero-order chi connectivity index (χ0) is 12.6. The van der Waals surface area contributed by atoms with Gasteiger partial charge in [0.2, 0.25) is 0 Å². The molecule has 0 aromatic carbocycles. The Morgan fingerprint density at radius 2 is 2.29 bits per heavy atom. The molecule has 0 aliphatic carbocycles. The highest BCUT2D eigenvalue weighted by Gasteiger charge is 2.16. The molecule has 0 bridgehead atoms. The van der Waals surface area contributed by atoms with E-state index in [0.29, 0.717) is 4.88 Å². The van der Waals surface area contributed by atoms with E-state index >= 15 is 0 Å². The summed E-state index contributed by atoms with van der Waals surface area (Å²) in [5, 5.41) is 4.23. The molecule has 0 fully saturated rings. The van der Waals surface area contributed by atoms with Crippen molar-refractivity contribution < 1.29 is 4.79 Å². The van der Waals surface area contributed by atoms with Gasteiger partial charge in [0.15, 0.2) is 0 Å². The number of aromatic nitrogens is 2. The second-order valence-corrected chi connectivity index (χ2v) is 5.10. The van der Waals surface area contributed by atoms with Crippen LogP contribution >= 0.6 is 11.3 Å². The first kappa shape index (κ1) is 11.9. The number of carbonyl (C=O) groups excluding carboxylic acids is 1. The van der Waals surface area contributed by atoms with Crippen molar-refractivity contribution >= 4 is 17.2 Å². The largest absolute Gasteiger partial charge is 0.365 e. The van der Waals surface area contributed by atoms with Crippen LogP contribution in [0.15, 0.2) is 12.3 Å². The molecule has 0 aliphatic rings. The first-order chi connectivity index (χ1) is 8.04. The van der Waals surface area contributed by atoms with Crippen molar-refractivity contribution in [1.29, 1.82) is 0 Å². The van der Waals surface area contributed by atoms with Gasteiger partial charge in [0, 0.05) is 17.5 Å². The van der Waals surface area contributed by atoms with E-state index in [4.69, 9.17) is 5.73 Å². The second-order valence-electron chi connectivity index (χ2n) is 3.97. The van der Waals surface area contributed by atoms with Crippen molar-refractivity contribution in [3.8, 4) is 11.3 Å². The summed E-state index contributed by atoms with van der Waals surface area (Å²) >= 11 is 1.47. The zero-order valence-corrected chi connectivity index (χ0v) is 11.0. The van der Waals surface area contributed by atoms with E-state index in [0.717, 1.165) is 23.2 Å². The van der Waals surface area contributed by atoms with Crippen LogP contribution in [0.2, 0.25) is 0 Å². The summed E-state index contributed by atoms with van der Waals surface area (Å²) in [4.78, 5) is 13.0. The molecular weight excluding hydrogens is 234 g/mol. The first-order valence-electron chi connectivity index (χ1n) is 5.46. The van der Waals surface area contributed by atoms with Crippen LogP contribution in [0.3, 0.4) is 0 Å². The third kappa shape index (κ3) is 1.98. The molecule has 0 spiro atoms. The van der Waals surface area contributed by atoms with E-state index in [1.807, 2.05) is 30.9 Å². The minimum atomic E-state index is -0.365. The van der Waals surface area contributed by atoms with Crippen molar-refractivity contribution in [2.45, 2.75) is 20.3 Å². The molecule has 2 aromatic rings. The summed E-state index contributed by atoms with van der Waals surface area (Å²) in [6.45, 7) is 4.09. The fourth-order valence-electron chi connectivity index (χ4n) is 1.95. The maximum atomic E-state index is 11.2. The summed E-state index contributed by atoms with van der Waals surface area (Å²) in [5.74, 6) is -0.365. The third-order valence-corrected chi connectivity index (χ3v) is 4.04. The predicted octanol–water partition coefficient (Wildman–Crippen LogP) is 2.12. The van der Waals surface area contributed by atoms with Gasteiger partial charge in [-0.1, -0.05) is 6.92 Å². The SMILES string of the molecule is CCc1sc(C(N)=O)cc1-c1c(C)cnn1C. The lowest BCUT2D eigenvalue weighted by molar-refractivity contribution is 0.100. The Morgan fingerprint density at radius 3 is 2.76 bits per heavy atom. The molecule has 90 valence electrons. The molecule has 1 amide bonds. The van der Waals surface area contributed by atoms with Gasteiger partial charge in [0.25, 0.3) is 5.91 Å². The maximum absolute atomic E-state index is 11.2. The monoisotopic (exact) mass is 249 g/mol. The third-order valence-electron chi connectivity index (χ3n) is 2.75. The van der Waals surface area contributed by atoms with Crippen LogP contribution in [0.25, 0.3) is 11.3 Å². The van der Waals surface area contributed by atoms with Crippen molar-refractivity contribution in [3.05, 3.63) is 27.6 Å². The van der Waals surface area contributed by atoms with Crippen LogP contribution in [0.5, 0.6) is 0 Å². The van der Waals surface area contributed by atoms with Gasteiger partial charge in [-0.25, -0.2) is 0 Å². The molecule has 0 aliphatic heterocycles. The summed E-state index contributed by atoms with van der Waals surface area (Å²) < 4.78 is 1.83. The van der Waals surface area contributed by atoms with Crippen LogP contribution in [-0.4, -0.2) is 15.7 Å². The van der Waals surface area contributed by atoms with E-state index in [1.165, 1.54) is 16.2 Å². The summed E-state index contributed by atoms with van der Waals surface area (Å²) in [6.07, 6.45) is 2.72. The molecular formula is C12H15N3OS. The quantitative estimate of drug-likeness (QED) is 0.905. The average Bonchev–Trinajstić information content (AvgIpc) is 2.82. The van der Waals surface area contributed by atoms with Crippen molar-refractivity contribution in [3.63, 3.8) is 0 Å². The molecule has 0 radical (unpaired) electrons. The van der Waals surface area contributed by atoms with Crippen LogP contribution in [0.1, 0.15) is 27.0 Å². The number of primary amides is 1. The molecule has 0 atom stereocenters. The Labute approximate surface area is 104 Å². The molecule has 0 saturated heterocycles. The molecule has 2 rings (SSSR count). The van der Waals surface area contributed by atoms with Crippen LogP contribution in [0.4, 0.5) is 0 Å². The minimum Gasteiger partial charge on any atom is -0.365 e. The van der Waals surface area contributed by atoms with Crippen LogP contribution < -0.4 is 5.73 Å². The number of rotatable bonds is 3. The Bertz CT molecular complexity index is 549. The predicted molar refractivity (Wildman–Crippen MR) is 69.2 cm³/mol. The molecule has 17 heavy (non-hydrogen) atoms. The topological polar surface area (TPSA) is 60.9 Å². The number of nitrogens with zero attached hydrogens (tertiary/aromatic N) is 2. The van der Waals surface area contributed by atoms with E-state index < -0.39 is 0 Å². The normalized spacial score (nSPS) is 10.8. The van der Waals surface area contributed by atoms with Gasteiger partial charge in [-0.15, -0.1) is 11.3 Å².